The zero-order valence-electron chi connectivity index (χ0n) is 16.2. The number of aliphatic hydroxyl groups is 2. The van der Waals surface area contributed by atoms with Crippen LogP contribution in [0.5, 0.6) is 0 Å². The minimum atomic E-state index is -2.02. The lowest BCUT2D eigenvalue weighted by atomic mass is 9.43. The molecule has 4 aliphatic carbocycles. The molecule has 0 radical (unpaired) electrons. The highest BCUT2D eigenvalue weighted by Gasteiger charge is 2.74. The predicted molar refractivity (Wildman–Crippen MR) is 102 cm³/mol. The number of hydrogen-bond acceptors (Lipinski definition) is 5. The van der Waals surface area contributed by atoms with Crippen LogP contribution in [0.25, 0.3) is 0 Å². The number of aliphatic hydroxyl groups excluding tert-OH is 1. The summed E-state index contributed by atoms with van der Waals surface area (Å²) >= 11 is 3.89. The lowest BCUT2D eigenvalue weighted by Gasteiger charge is -2.63. The first-order valence-corrected chi connectivity index (χ1v) is 10.4. The number of rotatable bonds is 2. The van der Waals surface area contributed by atoms with Crippen LogP contribution in [0.4, 0.5) is 4.39 Å². The first-order valence-electron chi connectivity index (χ1n) is 9.98. The molecule has 0 aromatic heterocycles. The van der Waals surface area contributed by atoms with Gasteiger partial charge >= 0.3 is 0 Å². The maximum absolute atomic E-state index is 16.9. The van der Waals surface area contributed by atoms with Gasteiger partial charge in [-0.1, -0.05) is 19.4 Å². The van der Waals surface area contributed by atoms with Gasteiger partial charge in [0, 0.05) is 16.7 Å². The molecule has 3 fully saturated rings. The topological polar surface area (TPSA) is 91.7 Å². The molecule has 0 saturated heterocycles. The summed E-state index contributed by atoms with van der Waals surface area (Å²) in [6.45, 7) is 3.47. The lowest BCUT2D eigenvalue weighted by molar-refractivity contribution is -0.225. The molecule has 0 spiro atoms. The van der Waals surface area contributed by atoms with Crippen LogP contribution >= 0.6 is 12.6 Å². The Hall–Kier alpha value is -1.05. The summed E-state index contributed by atoms with van der Waals surface area (Å²) in [6.07, 6.45) is 2.18. The van der Waals surface area contributed by atoms with E-state index in [1.54, 1.807) is 13.8 Å². The van der Waals surface area contributed by atoms with Crippen LogP contribution in [0.15, 0.2) is 11.6 Å². The number of carbonyl (C=O) groups excluding carboxylic acids is 3. The molecule has 5 nitrogen and oxygen atoms in total. The Morgan fingerprint density at radius 3 is 2.57 bits per heavy atom. The van der Waals surface area contributed by atoms with Crippen molar-refractivity contribution in [3.8, 4) is 0 Å². The fourth-order valence-corrected chi connectivity index (χ4v) is 7.52. The number of fused-ring (bicyclic) bond motifs is 5. The van der Waals surface area contributed by atoms with Crippen molar-refractivity contribution in [1.29, 1.82) is 0 Å². The summed E-state index contributed by atoms with van der Waals surface area (Å²) < 4.78 is 16.9. The van der Waals surface area contributed by atoms with E-state index in [0.717, 1.165) is 0 Å². The van der Waals surface area contributed by atoms with Gasteiger partial charge in [0.2, 0.25) is 5.12 Å². The van der Waals surface area contributed by atoms with Gasteiger partial charge in [0.1, 0.15) is 17.6 Å². The fourth-order valence-electron chi connectivity index (χ4n) is 7.16. The zero-order valence-corrected chi connectivity index (χ0v) is 17.0. The molecule has 8 atom stereocenters. The van der Waals surface area contributed by atoms with Crippen LogP contribution in [-0.4, -0.2) is 44.8 Å². The van der Waals surface area contributed by atoms with Gasteiger partial charge in [-0.25, -0.2) is 4.39 Å². The van der Waals surface area contributed by atoms with Gasteiger partial charge in [0.15, 0.2) is 5.78 Å². The number of alkyl halides is 1. The molecule has 0 heterocycles. The minimum absolute atomic E-state index is 0.0461. The van der Waals surface area contributed by atoms with Crippen molar-refractivity contribution in [1.82, 2.24) is 0 Å². The van der Waals surface area contributed by atoms with Crippen LogP contribution in [0.3, 0.4) is 0 Å². The highest BCUT2D eigenvalue weighted by molar-refractivity contribution is 7.96. The Kier molecular flexibility index (Phi) is 4.33. The van der Waals surface area contributed by atoms with Crippen LogP contribution in [0.1, 0.15) is 52.4 Å². The number of halogens is 1. The Morgan fingerprint density at radius 2 is 1.96 bits per heavy atom. The van der Waals surface area contributed by atoms with Crippen LogP contribution in [0, 0.1) is 28.6 Å². The smallest absolute Gasteiger partial charge is 0.218 e. The van der Waals surface area contributed by atoms with Crippen LogP contribution < -0.4 is 0 Å². The number of ketones is 1. The van der Waals surface area contributed by atoms with E-state index in [2.05, 4.69) is 12.6 Å². The molecule has 28 heavy (non-hydrogen) atoms. The van der Waals surface area contributed by atoms with Crippen molar-refractivity contribution < 1.29 is 29.0 Å². The van der Waals surface area contributed by atoms with E-state index < -0.39 is 45.2 Å². The van der Waals surface area contributed by atoms with Gasteiger partial charge in [-0.2, -0.15) is 0 Å². The van der Waals surface area contributed by atoms with Crippen molar-refractivity contribution in [3.63, 3.8) is 0 Å². The third kappa shape index (κ3) is 2.13. The van der Waals surface area contributed by atoms with Gasteiger partial charge in [0.25, 0.3) is 0 Å². The average Bonchev–Trinajstić information content (AvgIpc) is 2.89. The summed E-state index contributed by atoms with van der Waals surface area (Å²) in [5.74, 6) is -2.05. The highest BCUT2D eigenvalue weighted by Crippen LogP contribution is 2.70. The third-order valence-corrected chi connectivity index (χ3v) is 9.19. The molecule has 4 rings (SSSR count). The number of hydrogen-bond donors (Lipinski definition) is 3. The Labute approximate surface area is 169 Å². The second-order valence-corrected chi connectivity index (χ2v) is 10.1. The van der Waals surface area contributed by atoms with Gasteiger partial charge in [0.05, 0.1) is 12.0 Å². The molecule has 3 saturated carbocycles. The molecular formula is C21H27FO5S. The first-order chi connectivity index (χ1) is 13.0. The molecule has 0 aromatic rings. The summed E-state index contributed by atoms with van der Waals surface area (Å²) in [7, 11) is 0. The van der Waals surface area contributed by atoms with E-state index in [4.69, 9.17) is 0 Å². The van der Waals surface area contributed by atoms with Crippen molar-refractivity contribution in [2.45, 2.75) is 69.7 Å². The zero-order chi connectivity index (χ0) is 20.7. The van der Waals surface area contributed by atoms with Crippen molar-refractivity contribution in [3.05, 3.63) is 11.6 Å². The molecule has 0 aliphatic heterocycles. The van der Waals surface area contributed by atoms with E-state index in [0.29, 0.717) is 31.1 Å². The summed E-state index contributed by atoms with van der Waals surface area (Å²) in [5.41, 5.74) is -5.13. The molecule has 4 aliphatic rings. The minimum Gasteiger partial charge on any atom is -0.390 e. The lowest BCUT2D eigenvalue weighted by Crippen LogP contribution is -2.69. The van der Waals surface area contributed by atoms with E-state index in [1.165, 1.54) is 6.08 Å². The van der Waals surface area contributed by atoms with E-state index >= 15 is 4.39 Å². The monoisotopic (exact) mass is 410 g/mol. The maximum Gasteiger partial charge on any atom is 0.218 e. The number of allylic oxidation sites excluding steroid dienone is 1. The second kappa shape index (κ2) is 5.99. The maximum atomic E-state index is 16.9. The summed E-state index contributed by atoms with van der Waals surface area (Å²) in [5, 5.41) is 21.5. The fraction of sp³-hybridized carbons (Fsp3) is 0.762. The van der Waals surface area contributed by atoms with Crippen molar-refractivity contribution >= 4 is 29.8 Å². The Bertz CT molecular complexity index is 798. The van der Waals surface area contributed by atoms with Crippen molar-refractivity contribution in [2.75, 3.05) is 0 Å². The normalized spacial score (nSPS) is 52.9. The molecule has 154 valence electrons. The largest absolute Gasteiger partial charge is 0.390 e. The van der Waals surface area contributed by atoms with E-state index in [-0.39, 0.29) is 31.0 Å². The van der Waals surface area contributed by atoms with Gasteiger partial charge < -0.3 is 15.0 Å². The summed E-state index contributed by atoms with van der Waals surface area (Å²) in [6, 6.07) is 0. The quantitative estimate of drug-likeness (QED) is 0.369. The average molecular weight is 411 g/mol. The molecule has 0 bridgehead atoms. The van der Waals surface area contributed by atoms with Crippen molar-refractivity contribution in [2.24, 2.45) is 28.6 Å². The van der Waals surface area contributed by atoms with E-state index in [9.17, 15) is 24.6 Å². The Morgan fingerprint density at radius 1 is 1.29 bits per heavy atom. The van der Waals surface area contributed by atoms with Gasteiger partial charge in [-0.3, -0.25) is 9.59 Å². The first kappa shape index (κ1) is 20.2. The summed E-state index contributed by atoms with van der Waals surface area (Å²) in [4.78, 5) is 35.7. The Balaban J connectivity index is 1.82. The molecule has 1 unspecified atom stereocenters. The number of aldehydes is 1. The molecule has 7 heteroatoms. The number of carbonyl (C=O) groups is 3. The predicted octanol–water partition coefficient (Wildman–Crippen LogP) is 2.19. The molecule has 2 N–H and O–H groups in total. The third-order valence-electron chi connectivity index (χ3n) is 8.82. The van der Waals surface area contributed by atoms with Crippen LogP contribution in [0.2, 0.25) is 0 Å². The standard InChI is InChI=1S/C21H27FO5S/c1-18-8-11(10-23)15(24)7-12(18)3-4-14-13-5-6-20(27,17(26)28)19(13,2)9-16(25)21(14,18)22/h7,10-11,13-14,16,25,27H,3-6,8-9H2,1-2H3,(H,26,28)/t11?,13-,14-,16-,18-,19-,20-,21-/m0/s1. The molecule has 0 aromatic carbocycles. The van der Waals surface area contributed by atoms with Gasteiger partial charge in [-0.15, -0.1) is 12.6 Å². The second-order valence-electron chi connectivity index (χ2n) is 9.71. The highest BCUT2D eigenvalue weighted by atomic mass is 32.1. The van der Waals surface area contributed by atoms with Gasteiger partial charge in [-0.05, 0) is 50.5 Å². The number of thiol groups is 1. The SMILES string of the molecule is C[C@]12CC(C=O)C(=O)C=C1CC[C@H]1[C@@H]3CC[C@](O)(C(=O)S)[C@@]3(C)C[C@H](O)[C@@]12F. The molecular weight excluding hydrogens is 383 g/mol. The molecule has 0 amide bonds. The van der Waals surface area contributed by atoms with Crippen LogP contribution in [-0.2, 0) is 14.4 Å². The van der Waals surface area contributed by atoms with E-state index in [1.807, 2.05) is 0 Å².